The van der Waals surface area contributed by atoms with E-state index in [4.69, 9.17) is 4.74 Å². The Bertz CT molecular complexity index is 841. The Kier molecular flexibility index (Phi) is 5.54. The lowest BCUT2D eigenvalue weighted by atomic mass is 10.1. The summed E-state index contributed by atoms with van der Waals surface area (Å²) in [4.78, 5) is 30.5. The summed E-state index contributed by atoms with van der Waals surface area (Å²) in [6.45, 7) is 8.45. The molecule has 2 heterocycles. The molecule has 0 atom stereocenters. The van der Waals surface area contributed by atoms with Gasteiger partial charge in [0, 0.05) is 48.1 Å². The Morgan fingerprint density at radius 2 is 1.96 bits per heavy atom. The fourth-order valence-electron chi connectivity index (χ4n) is 2.95. The van der Waals surface area contributed by atoms with E-state index in [2.05, 4.69) is 16.9 Å². The lowest BCUT2D eigenvalue weighted by molar-refractivity contribution is -0.121. The van der Waals surface area contributed by atoms with Crippen molar-refractivity contribution in [3.63, 3.8) is 0 Å². The number of hydrogen-bond acceptors (Lipinski definition) is 4. The van der Waals surface area contributed by atoms with Crippen molar-refractivity contribution in [2.45, 2.75) is 32.9 Å². The first kappa shape index (κ1) is 18.6. The number of ether oxygens (including phenoxy) is 1. The van der Waals surface area contributed by atoms with Crippen LogP contribution in [-0.4, -0.2) is 34.3 Å². The van der Waals surface area contributed by atoms with Gasteiger partial charge in [0.25, 0.3) is 5.91 Å². The third-order valence-electron chi connectivity index (χ3n) is 4.28. The summed E-state index contributed by atoms with van der Waals surface area (Å²) in [5.41, 5.74) is 2.92. The molecule has 2 amide bonds. The molecule has 3 rings (SSSR count). The standard InChI is InChI=1S/C21H23N3O3/c1-14(2)27-20-16(7-6-11-22-20)13-23-19(25)10-12-24-15(3)17-8-4-5-9-18(17)21(24)26/h4-9,11,14H,3,10,12-13H2,1-2H3,(H,23,25). The number of aromatic nitrogens is 1. The number of fused-ring (bicyclic) bond motifs is 1. The molecule has 0 spiro atoms. The van der Waals surface area contributed by atoms with Crippen LogP contribution < -0.4 is 10.1 Å². The van der Waals surface area contributed by atoms with E-state index < -0.39 is 0 Å². The summed E-state index contributed by atoms with van der Waals surface area (Å²) in [5.74, 6) is 0.264. The topological polar surface area (TPSA) is 71.5 Å². The molecule has 0 aliphatic carbocycles. The first-order valence-electron chi connectivity index (χ1n) is 8.94. The molecule has 0 radical (unpaired) electrons. The van der Waals surface area contributed by atoms with Crippen molar-refractivity contribution >= 4 is 17.5 Å². The maximum absolute atomic E-state index is 12.5. The van der Waals surface area contributed by atoms with Gasteiger partial charge < -0.3 is 15.0 Å². The number of amides is 2. The van der Waals surface area contributed by atoms with E-state index in [9.17, 15) is 9.59 Å². The predicted octanol–water partition coefficient (Wildman–Crippen LogP) is 3.00. The van der Waals surface area contributed by atoms with E-state index in [-0.39, 0.29) is 24.3 Å². The van der Waals surface area contributed by atoms with Crippen molar-refractivity contribution in [2.75, 3.05) is 6.54 Å². The van der Waals surface area contributed by atoms with Crippen molar-refractivity contribution < 1.29 is 14.3 Å². The van der Waals surface area contributed by atoms with E-state index in [1.807, 2.05) is 38.1 Å². The van der Waals surface area contributed by atoms with Crippen LogP contribution in [0, 0.1) is 0 Å². The van der Waals surface area contributed by atoms with Crippen LogP contribution in [-0.2, 0) is 11.3 Å². The largest absolute Gasteiger partial charge is 0.475 e. The van der Waals surface area contributed by atoms with E-state index in [0.717, 1.165) is 11.1 Å². The first-order chi connectivity index (χ1) is 13.0. The van der Waals surface area contributed by atoms with E-state index >= 15 is 0 Å². The molecule has 140 valence electrons. The quantitative estimate of drug-likeness (QED) is 0.819. The second-order valence-electron chi connectivity index (χ2n) is 6.61. The fraction of sp³-hybridized carbons (Fsp3) is 0.286. The molecule has 6 heteroatoms. The zero-order chi connectivity index (χ0) is 19.4. The van der Waals surface area contributed by atoms with Gasteiger partial charge in [-0.25, -0.2) is 4.98 Å². The number of pyridine rings is 1. The Hall–Kier alpha value is -3.15. The Morgan fingerprint density at radius 1 is 1.22 bits per heavy atom. The summed E-state index contributed by atoms with van der Waals surface area (Å²) < 4.78 is 5.66. The van der Waals surface area contributed by atoms with Crippen LogP contribution in [0.1, 0.15) is 41.8 Å². The summed E-state index contributed by atoms with van der Waals surface area (Å²) in [6.07, 6.45) is 1.85. The number of hydrogen-bond donors (Lipinski definition) is 1. The molecule has 0 bridgehead atoms. The molecule has 2 aromatic rings. The van der Waals surface area contributed by atoms with Crippen molar-refractivity contribution in [1.29, 1.82) is 0 Å². The molecule has 1 aliphatic heterocycles. The summed E-state index contributed by atoms with van der Waals surface area (Å²) in [6, 6.07) is 11.0. The molecule has 0 saturated heterocycles. The molecular weight excluding hydrogens is 342 g/mol. The van der Waals surface area contributed by atoms with Crippen molar-refractivity contribution in [3.05, 3.63) is 65.9 Å². The highest BCUT2D eigenvalue weighted by molar-refractivity contribution is 6.08. The van der Waals surface area contributed by atoms with E-state index in [1.54, 1.807) is 23.2 Å². The molecule has 0 saturated carbocycles. The Morgan fingerprint density at radius 3 is 2.67 bits per heavy atom. The molecule has 27 heavy (non-hydrogen) atoms. The van der Waals surface area contributed by atoms with Gasteiger partial charge in [-0.2, -0.15) is 0 Å². The number of carbonyl (C=O) groups excluding carboxylic acids is 2. The molecule has 0 fully saturated rings. The summed E-state index contributed by atoms with van der Waals surface area (Å²) >= 11 is 0. The first-order valence-corrected chi connectivity index (χ1v) is 8.94. The number of nitrogens with one attached hydrogen (secondary N) is 1. The van der Waals surface area contributed by atoms with Crippen molar-refractivity contribution in [3.8, 4) is 5.88 Å². The third-order valence-corrected chi connectivity index (χ3v) is 4.28. The van der Waals surface area contributed by atoms with Gasteiger partial charge in [-0.1, -0.05) is 30.8 Å². The lowest BCUT2D eigenvalue weighted by Crippen LogP contribution is -2.30. The van der Waals surface area contributed by atoms with Gasteiger partial charge in [0.05, 0.1) is 6.10 Å². The molecule has 6 nitrogen and oxygen atoms in total. The fourth-order valence-corrected chi connectivity index (χ4v) is 2.95. The van der Waals surface area contributed by atoms with Crippen LogP contribution in [0.25, 0.3) is 5.70 Å². The van der Waals surface area contributed by atoms with Crippen LogP contribution >= 0.6 is 0 Å². The lowest BCUT2D eigenvalue weighted by Gasteiger charge is -2.17. The SMILES string of the molecule is C=C1c2ccccc2C(=O)N1CCC(=O)NCc1cccnc1OC(C)C. The minimum absolute atomic E-state index is 0.00294. The van der Waals surface area contributed by atoms with Gasteiger partial charge in [-0.05, 0) is 26.0 Å². The third kappa shape index (κ3) is 4.16. The van der Waals surface area contributed by atoms with Gasteiger partial charge in [-0.3, -0.25) is 9.59 Å². The molecule has 1 aromatic carbocycles. The maximum atomic E-state index is 12.5. The zero-order valence-corrected chi connectivity index (χ0v) is 15.6. The van der Waals surface area contributed by atoms with Crippen molar-refractivity contribution in [1.82, 2.24) is 15.2 Å². The highest BCUT2D eigenvalue weighted by atomic mass is 16.5. The van der Waals surface area contributed by atoms with Gasteiger partial charge in [-0.15, -0.1) is 0 Å². The zero-order valence-electron chi connectivity index (χ0n) is 15.6. The Labute approximate surface area is 158 Å². The molecule has 0 unspecified atom stereocenters. The monoisotopic (exact) mass is 365 g/mol. The van der Waals surface area contributed by atoms with Crippen molar-refractivity contribution in [2.24, 2.45) is 0 Å². The number of benzene rings is 1. The van der Waals surface area contributed by atoms with E-state index in [1.165, 1.54) is 0 Å². The average Bonchev–Trinajstić information content (AvgIpc) is 2.90. The minimum Gasteiger partial charge on any atom is -0.475 e. The maximum Gasteiger partial charge on any atom is 0.258 e. The molecule has 1 aliphatic rings. The molecule has 1 N–H and O–H groups in total. The summed E-state index contributed by atoms with van der Waals surface area (Å²) in [5, 5.41) is 2.86. The summed E-state index contributed by atoms with van der Waals surface area (Å²) in [7, 11) is 0. The van der Waals surface area contributed by atoms with Gasteiger partial charge >= 0.3 is 0 Å². The normalized spacial score (nSPS) is 13.1. The number of carbonyl (C=O) groups is 2. The average molecular weight is 365 g/mol. The highest BCUT2D eigenvalue weighted by Gasteiger charge is 2.30. The molecular formula is C21H23N3O3. The number of nitrogens with zero attached hydrogens (tertiary/aromatic N) is 2. The van der Waals surface area contributed by atoms with Crippen LogP contribution in [0.4, 0.5) is 0 Å². The Balaban J connectivity index is 1.54. The van der Waals surface area contributed by atoms with Crippen LogP contribution in [0.2, 0.25) is 0 Å². The van der Waals surface area contributed by atoms with E-state index in [0.29, 0.717) is 30.2 Å². The van der Waals surface area contributed by atoms with Gasteiger partial charge in [0.15, 0.2) is 0 Å². The number of rotatable bonds is 7. The van der Waals surface area contributed by atoms with Crippen LogP contribution in [0.5, 0.6) is 5.88 Å². The minimum atomic E-state index is -0.147. The van der Waals surface area contributed by atoms with Crippen LogP contribution in [0.3, 0.4) is 0 Å². The van der Waals surface area contributed by atoms with Crippen LogP contribution in [0.15, 0.2) is 49.2 Å². The second-order valence-corrected chi connectivity index (χ2v) is 6.61. The molecule has 1 aromatic heterocycles. The van der Waals surface area contributed by atoms with Gasteiger partial charge in [0.1, 0.15) is 0 Å². The predicted molar refractivity (Wildman–Crippen MR) is 103 cm³/mol. The van der Waals surface area contributed by atoms with Gasteiger partial charge in [0.2, 0.25) is 11.8 Å². The highest BCUT2D eigenvalue weighted by Crippen LogP contribution is 2.31. The smallest absolute Gasteiger partial charge is 0.258 e. The second kappa shape index (κ2) is 8.03.